The van der Waals surface area contributed by atoms with E-state index in [0.29, 0.717) is 0 Å². The molecule has 1 unspecified atom stereocenters. The topological polar surface area (TPSA) is 27.1 Å². The number of imidazole rings is 1. The Morgan fingerprint density at radius 1 is 1.75 bits per heavy atom. The molecule has 0 saturated carbocycles. The average molecular weight is 166 g/mol. The normalized spacial score (nSPS) is 28.5. The molecule has 1 aromatic rings. The molecule has 0 aromatic carbocycles. The standard InChI is InChI=1S/C9H14N2O/c1-3-9(2)8-10-4-5-11(8)6-7-12-9/h4-5H,3,6-7H2,1-2H3. The highest BCUT2D eigenvalue weighted by atomic mass is 16.5. The van der Waals surface area contributed by atoms with Gasteiger partial charge in [-0.15, -0.1) is 0 Å². The van der Waals surface area contributed by atoms with Gasteiger partial charge in [0.25, 0.3) is 0 Å². The molecule has 1 atom stereocenters. The number of fused-ring (bicyclic) bond motifs is 1. The van der Waals surface area contributed by atoms with E-state index in [-0.39, 0.29) is 5.60 Å². The molecule has 2 rings (SSSR count). The molecule has 0 N–H and O–H groups in total. The Balaban J connectivity index is 2.44. The van der Waals surface area contributed by atoms with E-state index in [9.17, 15) is 0 Å². The summed E-state index contributed by atoms with van der Waals surface area (Å²) in [5.74, 6) is 1.07. The third-order valence-electron chi connectivity index (χ3n) is 2.62. The van der Waals surface area contributed by atoms with Crippen molar-refractivity contribution in [2.45, 2.75) is 32.4 Å². The third kappa shape index (κ3) is 0.966. The Hall–Kier alpha value is -0.830. The number of aromatic nitrogens is 2. The molecule has 0 amide bonds. The lowest BCUT2D eigenvalue weighted by atomic mass is 10.0. The van der Waals surface area contributed by atoms with Gasteiger partial charge in [-0.1, -0.05) is 6.92 Å². The molecular formula is C9H14N2O. The van der Waals surface area contributed by atoms with Crippen molar-refractivity contribution in [2.24, 2.45) is 0 Å². The highest BCUT2D eigenvalue weighted by Gasteiger charge is 2.32. The molecule has 0 radical (unpaired) electrons. The molecule has 0 fully saturated rings. The molecule has 0 bridgehead atoms. The van der Waals surface area contributed by atoms with Crippen LogP contribution in [0, 0.1) is 0 Å². The van der Waals surface area contributed by atoms with Crippen LogP contribution in [0.3, 0.4) is 0 Å². The first-order valence-electron chi connectivity index (χ1n) is 4.42. The maximum Gasteiger partial charge on any atom is 0.140 e. The van der Waals surface area contributed by atoms with Crippen LogP contribution < -0.4 is 0 Å². The quantitative estimate of drug-likeness (QED) is 0.632. The predicted molar refractivity (Wildman–Crippen MR) is 45.8 cm³/mol. The van der Waals surface area contributed by atoms with Crippen LogP contribution in [0.1, 0.15) is 26.1 Å². The lowest BCUT2D eigenvalue weighted by Crippen LogP contribution is -2.35. The number of rotatable bonds is 1. The molecule has 0 aliphatic carbocycles. The molecule has 3 nitrogen and oxygen atoms in total. The first-order valence-corrected chi connectivity index (χ1v) is 4.42. The summed E-state index contributed by atoms with van der Waals surface area (Å²) in [6, 6.07) is 0. The zero-order valence-electron chi connectivity index (χ0n) is 7.58. The largest absolute Gasteiger partial charge is 0.366 e. The summed E-state index contributed by atoms with van der Waals surface area (Å²) in [5.41, 5.74) is -0.165. The van der Waals surface area contributed by atoms with Gasteiger partial charge in [0, 0.05) is 18.9 Å². The molecule has 3 heteroatoms. The van der Waals surface area contributed by atoms with Crippen LogP contribution in [0.2, 0.25) is 0 Å². The van der Waals surface area contributed by atoms with Crippen molar-refractivity contribution in [2.75, 3.05) is 6.61 Å². The predicted octanol–water partition coefficient (Wildman–Crippen LogP) is 1.54. The highest BCUT2D eigenvalue weighted by Crippen LogP contribution is 2.30. The summed E-state index contributed by atoms with van der Waals surface area (Å²) in [6.07, 6.45) is 4.84. The monoisotopic (exact) mass is 166 g/mol. The molecule has 1 aliphatic heterocycles. The number of nitrogens with zero attached hydrogens (tertiary/aromatic N) is 2. The van der Waals surface area contributed by atoms with Crippen LogP contribution in [0.5, 0.6) is 0 Å². The molecule has 1 aromatic heterocycles. The fraction of sp³-hybridized carbons (Fsp3) is 0.667. The molecule has 1 aliphatic rings. The van der Waals surface area contributed by atoms with E-state index in [2.05, 4.69) is 23.4 Å². The molecule has 0 spiro atoms. The van der Waals surface area contributed by atoms with Gasteiger partial charge in [0.1, 0.15) is 11.4 Å². The summed E-state index contributed by atoms with van der Waals surface area (Å²) in [6.45, 7) is 5.97. The van der Waals surface area contributed by atoms with Crippen molar-refractivity contribution < 1.29 is 4.74 Å². The first kappa shape index (κ1) is 7.80. The number of hydrogen-bond acceptors (Lipinski definition) is 2. The van der Waals surface area contributed by atoms with Gasteiger partial charge in [-0.3, -0.25) is 0 Å². The van der Waals surface area contributed by atoms with Crippen LogP contribution in [0.15, 0.2) is 12.4 Å². The Morgan fingerprint density at radius 3 is 3.33 bits per heavy atom. The maximum absolute atomic E-state index is 5.72. The molecular weight excluding hydrogens is 152 g/mol. The van der Waals surface area contributed by atoms with Crippen LogP contribution in [-0.2, 0) is 16.9 Å². The summed E-state index contributed by atoms with van der Waals surface area (Å²) in [5, 5.41) is 0. The summed E-state index contributed by atoms with van der Waals surface area (Å²) >= 11 is 0. The first-order chi connectivity index (χ1) is 5.76. The summed E-state index contributed by atoms with van der Waals surface area (Å²) in [7, 11) is 0. The number of ether oxygens (including phenoxy) is 1. The van der Waals surface area contributed by atoms with Gasteiger partial charge in [0.2, 0.25) is 0 Å². The van der Waals surface area contributed by atoms with Gasteiger partial charge in [-0.05, 0) is 13.3 Å². The van der Waals surface area contributed by atoms with E-state index in [1.165, 1.54) is 0 Å². The fourth-order valence-corrected chi connectivity index (χ4v) is 1.64. The number of hydrogen-bond donors (Lipinski definition) is 0. The van der Waals surface area contributed by atoms with Gasteiger partial charge < -0.3 is 9.30 Å². The minimum Gasteiger partial charge on any atom is -0.366 e. The van der Waals surface area contributed by atoms with Crippen molar-refractivity contribution in [3.8, 4) is 0 Å². The molecule has 0 saturated heterocycles. The summed E-state index contributed by atoms with van der Waals surface area (Å²) in [4.78, 5) is 4.32. The van der Waals surface area contributed by atoms with E-state index < -0.39 is 0 Å². The lowest BCUT2D eigenvalue weighted by Gasteiger charge is -2.33. The van der Waals surface area contributed by atoms with Crippen LogP contribution >= 0.6 is 0 Å². The molecule has 2 heterocycles. The van der Waals surface area contributed by atoms with Crippen molar-refractivity contribution in [3.63, 3.8) is 0 Å². The second-order valence-corrected chi connectivity index (χ2v) is 3.38. The van der Waals surface area contributed by atoms with Crippen LogP contribution in [0.25, 0.3) is 0 Å². The molecule has 66 valence electrons. The van der Waals surface area contributed by atoms with E-state index in [1.807, 2.05) is 12.4 Å². The zero-order valence-corrected chi connectivity index (χ0v) is 7.58. The van der Waals surface area contributed by atoms with Gasteiger partial charge >= 0.3 is 0 Å². The summed E-state index contributed by atoms with van der Waals surface area (Å²) < 4.78 is 7.89. The van der Waals surface area contributed by atoms with Crippen molar-refractivity contribution in [1.29, 1.82) is 0 Å². The SMILES string of the molecule is CCC1(C)OCCn2ccnc21. The minimum atomic E-state index is -0.165. The average Bonchev–Trinajstić information content (AvgIpc) is 2.54. The Bertz CT molecular complexity index is 282. The van der Waals surface area contributed by atoms with E-state index in [1.54, 1.807) is 0 Å². The second kappa shape index (κ2) is 2.59. The molecule has 12 heavy (non-hydrogen) atoms. The zero-order chi connectivity index (χ0) is 8.60. The van der Waals surface area contributed by atoms with Crippen molar-refractivity contribution >= 4 is 0 Å². The van der Waals surface area contributed by atoms with Crippen LogP contribution in [0.4, 0.5) is 0 Å². The van der Waals surface area contributed by atoms with Crippen molar-refractivity contribution in [1.82, 2.24) is 9.55 Å². The van der Waals surface area contributed by atoms with E-state index >= 15 is 0 Å². The van der Waals surface area contributed by atoms with Gasteiger partial charge in [-0.25, -0.2) is 4.98 Å². The highest BCUT2D eigenvalue weighted by molar-refractivity contribution is 5.05. The second-order valence-electron chi connectivity index (χ2n) is 3.38. The van der Waals surface area contributed by atoms with Crippen LogP contribution in [-0.4, -0.2) is 16.2 Å². The van der Waals surface area contributed by atoms with Gasteiger partial charge in [-0.2, -0.15) is 0 Å². The van der Waals surface area contributed by atoms with Gasteiger partial charge in [0.05, 0.1) is 6.61 Å². The maximum atomic E-state index is 5.72. The minimum absolute atomic E-state index is 0.165. The third-order valence-corrected chi connectivity index (χ3v) is 2.62. The van der Waals surface area contributed by atoms with Gasteiger partial charge in [0.15, 0.2) is 0 Å². The van der Waals surface area contributed by atoms with Crippen molar-refractivity contribution in [3.05, 3.63) is 18.2 Å². The van der Waals surface area contributed by atoms with E-state index in [4.69, 9.17) is 4.74 Å². The Morgan fingerprint density at radius 2 is 2.58 bits per heavy atom. The Kier molecular flexibility index (Phi) is 1.68. The Labute approximate surface area is 72.4 Å². The lowest BCUT2D eigenvalue weighted by molar-refractivity contribution is -0.0702. The smallest absolute Gasteiger partial charge is 0.140 e. The van der Waals surface area contributed by atoms with E-state index in [0.717, 1.165) is 25.4 Å². The fourth-order valence-electron chi connectivity index (χ4n) is 1.64.